The van der Waals surface area contributed by atoms with Crippen LogP contribution in [0.4, 0.5) is 0 Å². The Kier molecular flexibility index (Phi) is 6.26. The van der Waals surface area contributed by atoms with E-state index >= 15 is 0 Å². The van der Waals surface area contributed by atoms with Crippen molar-refractivity contribution in [3.05, 3.63) is 47.2 Å². The number of aryl methyl sites for hydroxylation is 2. The molecule has 4 nitrogen and oxygen atoms in total. The molecule has 4 N–H and O–H groups in total. The van der Waals surface area contributed by atoms with Gasteiger partial charge in [-0.25, -0.2) is 4.99 Å². The van der Waals surface area contributed by atoms with Crippen LogP contribution in [-0.2, 0) is 6.54 Å². The summed E-state index contributed by atoms with van der Waals surface area (Å²) in [5, 5.41) is 4.28. The Labute approximate surface area is 142 Å². The van der Waals surface area contributed by atoms with Crippen LogP contribution >= 0.6 is 24.0 Å². The van der Waals surface area contributed by atoms with Crippen LogP contribution in [0, 0.1) is 13.8 Å². The zero-order chi connectivity index (χ0) is 14.7. The number of benzene rings is 1. The average Bonchev–Trinajstić information content (AvgIpc) is 2.69. The summed E-state index contributed by atoms with van der Waals surface area (Å²) in [7, 11) is 0. The van der Waals surface area contributed by atoms with Crippen LogP contribution in [0.15, 0.2) is 35.3 Å². The monoisotopic (exact) mass is 398 g/mol. The van der Waals surface area contributed by atoms with Crippen molar-refractivity contribution in [1.29, 1.82) is 0 Å². The highest BCUT2D eigenvalue weighted by Crippen LogP contribution is 2.22. The van der Waals surface area contributed by atoms with Crippen LogP contribution in [0.3, 0.4) is 0 Å². The van der Waals surface area contributed by atoms with Crippen LogP contribution < -0.4 is 11.1 Å². The number of guanidine groups is 1. The SMILES string of the molecule is C=C(C)CNC(N)=NCc1ccc2[nH]c(C)c(C)c2c1.I. The lowest BCUT2D eigenvalue weighted by atomic mass is 10.1. The highest BCUT2D eigenvalue weighted by molar-refractivity contribution is 14.0. The molecular weight excluding hydrogens is 375 g/mol. The van der Waals surface area contributed by atoms with E-state index in [9.17, 15) is 0 Å². The molecule has 0 aliphatic carbocycles. The van der Waals surface area contributed by atoms with Crippen molar-refractivity contribution in [2.75, 3.05) is 6.54 Å². The lowest BCUT2D eigenvalue weighted by Gasteiger charge is -2.05. The van der Waals surface area contributed by atoms with E-state index in [1.54, 1.807) is 0 Å². The molecule has 0 bridgehead atoms. The van der Waals surface area contributed by atoms with Gasteiger partial charge in [0.15, 0.2) is 5.96 Å². The van der Waals surface area contributed by atoms with E-state index in [2.05, 4.69) is 53.9 Å². The summed E-state index contributed by atoms with van der Waals surface area (Å²) < 4.78 is 0. The van der Waals surface area contributed by atoms with Crippen molar-refractivity contribution in [2.45, 2.75) is 27.3 Å². The Morgan fingerprint density at radius 3 is 2.76 bits per heavy atom. The number of rotatable bonds is 4. The predicted octanol–water partition coefficient (Wildman–Crippen LogP) is 3.38. The first-order chi connectivity index (χ1) is 9.47. The molecule has 1 aromatic heterocycles. The lowest BCUT2D eigenvalue weighted by molar-refractivity contribution is 0.941. The molecule has 0 unspecified atom stereocenters. The minimum atomic E-state index is 0. The van der Waals surface area contributed by atoms with Crippen LogP contribution in [0.1, 0.15) is 23.7 Å². The van der Waals surface area contributed by atoms with Gasteiger partial charge in [0.05, 0.1) is 6.54 Å². The van der Waals surface area contributed by atoms with E-state index in [1.165, 1.54) is 22.2 Å². The second kappa shape index (κ2) is 7.49. The predicted molar refractivity (Wildman–Crippen MR) is 101 cm³/mol. The second-order valence-corrected chi connectivity index (χ2v) is 5.27. The number of H-pyrrole nitrogens is 1. The van der Waals surface area contributed by atoms with Gasteiger partial charge in [0.2, 0.25) is 0 Å². The fraction of sp³-hybridized carbons (Fsp3) is 0.312. The third kappa shape index (κ3) is 4.49. The molecule has 0 saturated carbocycles. The lowest BCUT2D eigenvalue weighted by Crippen LogP contribution is -2.32. The molecule has 0 saturated heterocycles. The molecule has 1 heterocycles. The largest absolute Gasteiger partial charge is 0.370 e. The Morgan fingerprint density at radius 2 is 2.10 bits per heavy atom. The summed E-state index contributed by atoms with van der Waals surface area (Å²) in [4.78, 5) is 7.71. The number of fused-ring (bicyclic) bond motifs is 1. The zero-order valence-electron chi connectivity index (χ0n) is 12.8. The molecule has 1 aromatic carbocycles. The smallest absolute Gasteiger partial charge is 0.189 e. The van der Waals surface area contributed by atoms with Gasteiger partial charge in [-0.05, 0) is 44.0 Å². The van der Waals surface area contributed by atoms with Gasteiger partial charge < -0.3 is 16.0 Å². The maximum absolute atomic E-state index is 5.81. The van der Waals surface area contributed by atoms with Crippen LogP contribution in [0.25, 0.3) is 10.9 Å². The van der Waals surface area contributed by atoms with Crippen molar-refractivity contribution in [2.24, 2.45) is 10.7 Å². The summed E-state index contributed by atoms with van der Waals surface area (Å²) in [6.45, 7) is 11.2. The standard InChI is InChI=1S/C16H22N4.HI/c1-10(2)8-18-16(17)19-9-13-5-6-15-14(7-13)11(3)12(4)20-15;/h5-7,20H,1,8-9H2,2-4H3,(H3,17,18,19);1H. The fourth-order valence-electron chi connectivity index (χ4n) is 2.08. The first-order valence-corrected chi connectivity index (χ1v) is 6.73. The van der Waals surface area contributed by atoms with Gasteiger partial charge in [-0.2, -0.15) is 0 Å². The third-order valence-corrected chi connectivity index (χ3v) is 3.38. The fourth-order valence-corrected chi connectivity index (χ4v) is 2.08. The summed E-state index contributed by atoms with van der Waals surface area (Å²) in [5.41, 5.74) is 11.7. The Morgan fingerprint density at radius 1 is 1.38 bits per heavy atom. The van der Waals surface area contributed by atoms with Crippen molar-refractivity contribution in [1.82, 2.24) is 10.3 Å². The van der Waals surface area contributed by atoms with Gasteiger partial charge in [-0.3, -0.25) is 0 Å². The topological polar surface area (TPSA) is 66.2 Å². The maximum Gasteiger partial charge on any atom is 0.189 e. The number of halogens is 1. The molecule has 0 aliphatic heterocycles. The van der Waals surface area contributed by atoms with Crippen molar-refractivity contribution < 1.29 is 0 Å². The molecule has 2 aromatic rings. The van der Waals surface area contributed by atoms with E-state index in [1.807, 2.05) is 6.92 Å². The molecule has 0 atom stereocenters. The summed E-state index contributed by atoms with van der Waals surface area (Å²) >= 11 is 0. The van der Waals surface area contributed by atoms with Gasteiger partial charge in [-0.15, -0.1) is 24.0 Å². The molecule has 2 rings (SSSR count). The molecule has 0 amide bonds. The van der Waals surface area contributed by atoms with Gasteiger partial charge in [0.1, 0.15) is 0 Å². The quantitative estimate of drug-likeness (QED) is 0.320. The summed E-state index contributed by atoms with van der Waals surface area (Å²) in [6.07, 6.45) is 0. The number of aliphatic imine (C=N–C) groups is 1. The molecule has 0 aliphatic rings. The number of hydrogen-bond acceptors (Lipinski definition) is 1. The van der Waals surface area contributed by atoms with E-state index in [4.69, 9.17) is 5.73 Å². The average molecular weight is 398 g/mol. The minimum absolute atomic E-state index is 0. The van der Waals surface area contributed by atoms with Crippen molar-refractivity contribution >= 4 is 40.8 Å². The van der Waals surface area contributed by atoms with Crippen LogP contribution in [0.5, 0.6) is 0 Å². The second-order valence-electron chi connectivity index (χ2n) is 5.27. The Hall–Kier alpha value is -1.50. The Bertz CT molecular complexity index is 670. The molecule has 0 radical (unpaired) electrons. The van der Waals surface area contributed by atoms with E-state index in [0.717, 1.165) is 11.1 Å². The first kappa shape index (κ1) is 17.6. The molecular formula is C16H23IN4. The molecule has 0 fully saturated rings. The van der Waals surface area contributed by atoms with Gasteiger partial charge >= 0.3 is 0 Å². The number of nitrogens with zero attached hydrogens (tertiary/aromatic N) is 1. The number of hydrogen-bond donors (Lipinski definition) is 3. The normalized spacial score (nSPS) is 11.3. The Balaban J connectivity index is 0.00000220. The van der Waals surface area contributed by atoms with Crippen molar-refractivity contribution in [3.63, 3.8) is 0 Å². The zero-order valence-corrected chi connectivity index (χ0v) is 15.1. The minimum Gasteiger partial charge on any atom is -0.370 e. The van der Waals surface area contributed by atoms with Gasteiger partial charge in [0.25, 0.3) is 0 Å². The number of aromatic nitrogens is 1. The van der Waals surface area contributed by atoms with E-state index in [-0.39, 0.29) is 24.0 Å². The molecule has 5 heteroatoms. The summed E-state index contributed by atoms with van der Waals surface area (Å²) in [6, 6.07) is 6.34. The highest BCUT2D eigenvalue weighted by Gasteiger charge is 2.04. The number of aromatic amines is 1. The number of nitrogens with one attached hydrogen (secondary N) is 2. The van der Waals surface area contributed by atoms with E-state index in [0.29, 0.717) is 19.0 Å². The van der Waals surface area contributed by atoms with Crippen molar-refractivity contribution in [3.8, 4) is 0 Å². The van der Waals surface area contributed by atoms with Gasteiger partial charge in [-0.1, -0.05) is 18.2 Å². The van der Waals surface area contributed by atoms with E-state index < -0.39 is 0 Å². The first-order valence-electron chi connectivity index (χ1n) is 6.73. The maximum atomic E-state index is 5.81. The van der Waals surface area contributed by atoms with Crippen LogP contribution in [-0.4, -0.2) is 17.5 Å². The third-order valence-electron chi connectivity index (χ3n) is 3.38. The molecule has 114 valence electrons. The summed E-state index contributed by atoms with van der Waals surface area (Å²) in [5.74, 6) is 0.454. The van der Waals surface area contributed by atoms with Crippen LogP contribution in [0.2, 0.25) is 0 Å². The molecule has 0 spiro atoms. The number of nitrogens with two attached hydrogens (primary N) is 1. The molecule has 21 heavy (non-hydrogen) atoms. The van der Waals surface area contributed by atoms with Gasteiger partial charge in [0, 0.05) is 23.1 Å². The highest BCUT2D eigenvalue weighted by atomic mass is 127.